The van der Waals surface area contributed by atoms with E-state index < -0.39 is 11.6 Å². The topological polar surface area (TPSA) is 12.9 Å². The fourth-order valence-corrected chi connectivity index (χ4v) is 1.15. The normalized spacial score (nSPS) is 10.1. The first kappa shape index (κ1) is 8.81. The van der Waals surface area contributed by atoms with Gasteiger partial charge in [-0.15, -0.1) is 0 Å². The summed E-state index contributed by atoms with van der Waals surface area (Å²) >= 11 is 0. The minimum absolute atomic E-state index is 0.554. The molecule has 1 aromatic carbocycles. The molecule has 0 spiro atoms. The molecule has 1 aromatic heterocycles. The third kappa shape index (κ3) is 1.62. The van der Waals surface area contributed by atoms with Gasteiger partial charge >= 0.3 is 0 Å². The van der Waals surface area contributed by atoms with Gasteiger partial charge in [-0.1, -0.05) is 6.07 Å². The summed E-state index contributed by atoms with van der Waals surface area (Å²) in [5, 5.41) is 0. The van der Waals surface area contributed by atoms with E-state index in [9.17, 15) is 8.78 Å². The van der Waals surface area contributed by atoms with Crippen LogP contribution in [0.15, 0.2) is 36.5 Å². The van der Waals surface area contributed by atoms with Crippen LogP contribution >= 0.6 is 0 Å². The van der Waals surface area contributed by atoms with Crippen LogP contribution in [-0.2, 0) is 0 Å². The predicted octanol–water partition coefficient (Wildman–Crippen LogP) is 2.83. The molecule has 0 saturated heterocycles. The summed E-state index contributed by atoms with van der Waals surface area (Å²) in [5.41, 5.74) is 1.15. The minimum Gasteiger partial charge on any atom is -0.256 e. The molecular weight excluding hydrogens is 184 g/mol. The molecule has 2 rings (SSSR count). The molecule has 0 amide bonds. The van der Waals surface area contributed by atoms with Crippen LogP contribution in [-0.4, -0.2) is 4.98 Å². The number of pyridine rings is 1. The van der Waals surface area contributed by atoms with Crippen molar-refractivity contribution >= 4 is 0 Å². The Hall–Kier alpha value is -1.77. The van der Waals surface area contributed by atoms with Crippen molar-refractivity contribution in [3.8, 4) is 11.3 Å². The van der Waals surface area contributed by atoms with E-state index in [1.54, 1.807) is 12.1 Å². The lowest BCUT2D eigenvalue weighted by molar-refractivity contribution is 0.509. The quantitative estimate of drug-likeness (QED) is 0.673. The van der Waals surface area contributed by atoms with Crippen molar-refractivity contribution in [1.82, 2.24) is 4.98 Å². The zero-order chi connectivity index (χ0) is 9.97. The summed E-state index contributed by atoms with van der Waals surface area (Å²) < 4.78 is 25.5. The van der Waals surface area contributed by atoms with Gasteiger partial charge in [0.25, 0.3) is 0 Å². The molecule has 69 valence electrons. The number of hydrogen-bond acceptors (Lipinski definition) is 1. The van der Waals surface area contributed by atoms with Gasteiger partial charge in [0.2, 0.25) is 0 Å². The molecule has 1 heterocycles. The van der Waals surface area contributed by atoms with Gasteiger partial charge in [0, 0.05) is 17.8 Å². The van der Waals surface area contributed by atoms with Crippen molar-refractivity contribution in [2.24, 2.45) is 0 Å². The summed E-state index contributed by atoms with van der Waals surface area (Å²) in [5.74, 6) is -1.71. The van der Waals surface area contributed by atoms with Gasteiger partial charge in [0.15, 0.2) is 11.6 Å². The monoisotopic (exact) mass is 190 g/mol. The molecule has 0 aliphatic rings. The first-order valence-corrected chi connectivity index (χ1v) is 4.05. The SMILES string of the molecule is Fc1ccc(-c2cc[c]cn2)cc1F. The van der Waals surface area contributed by atoms with E-state index in [2.05, 4.69) is 11.1 Å². The van der Waals surface area contributed by atoms with E-state index in [1.165, 1.54) is 12.3 Å². The van der Waals surface area contributed by atoms with Crippen LogP contribution in [0.5, 0.6) is 0 Å². The zero-order valence-electron chi connectivity index (χ0n) is 7.17. The number of aromatic nitrogens is 1. The third-order valence-corrected chi connectivity index (χ3v) is 1.83. The number of nitrogens with zero attached hydrogens (tertiary/aromatic N) is 1. The van der Waals surface area contributed by atoms with Crippen molar-refractivity contribution in [3.05, 3.63) is 54.2 Å². The van der Waals surface area contributed by atoms with Gasteiger partial charge in [0.05, 0.1) is 5.69 Å². The average molecular weight is 190 g/mol. The lowest BCUT2D eigenvalue weighted by Gasteiger charge is -2.00. The fourth-order valence-electron chi connectivity index (χ4n) is 1.15. The summed E-state index contributed by atoms with van der Waals surface area (Å²) in [7, 11) is 0. The van der Waals surface area contributed by atoms with Gasteiger partial charge in [-0.25, -0.2) is 8.78 Å². The number of rotatable bonds is 1. The summed E-state index contributed by atoms with van der Waals surface area (Å²) in [6.45, 7) is 0. The standard InChI is InChI=1S/C11H6F2N/c12-9-5-4-8(7-10(9)13)11-3-1-2-6-14-11/h1,3-7H. The van der Waals surface area contributed by atoms with Crippen molar-refractivity contribution in [3.63, 3.8) is 0 Å². The van der Waals surface area contributed by atoms with Crippen LogP contribution < -0.4 is 0 Å². The third-order valence-electron chi connectivity index (χ3n) is 1.83. The van der Waals surface area contributed by atoms with E-state index in [-0.39, 0.29) is 0 Å². The maximum atomic E-state index is 12.9. The molecule has 0 atom stereocenters. The van der Waals surface area contributed by atoms with Crippen LogP contribution in [0.4, 0.5) is 8.78 Å². The number of hydrogen-bond donors (Lipinski definition) is 0. The Balaban J connectivity index is 2.48. The van der Waals surface area contributed by atoms with E-state index in [0.29, 0.717) is 11.3 Å². The van der Waals surface area contributed by atoms with Gasteiger partial charge in [-0.3, -0.25) is 4.98 Å². The van der Waals surface area contributed by atoms with Crippen LogP contribution in [0, 0.1) is 17.7 Å². The van der Waals surface area contributed by atoms with Crippen molar-refractivity contribution in [2.45, 2.75) is 0 Å². The molecule has 1 radical (unpaired) electrons. The Bertz CT molecular complexity index is 440. The van der Waals surface area contributed by atoms with Crippen LogP contribution in [0.25, 0.3) is 11.3 Å². The highest BCUT2D eigenvalue weighted by molar-refractivity contribution is 5.58. The second-order valence-corrected chi connectivity index (χ2v) is 2.77. The summed E-state index contributed by atoms with van der Waals surface area (Å²) in [6.07, 6.45) is 1.48. The Labute approximate surface area is 80.0 Å². The molecule has 0 fully saturated rings. The smallest absolute Gasteiger partial charge is 0.159 e. The molecule has 1 nitrogen and oxygen atoms in total. The Morgan fingerprint density at radius 3 is 2.57 bits per heavy atom. The molecule has 0 aliphatic heterocycles. The first-order valence-electron chi connectivity index (χ1n) is 4.05. The Morgan fingerprint density at radius 2 is 1.93 bits per heavy atom. The number of benzene rings is 1. The van der Waals surface area contributed by atoms with E-state index in [0.717, 1.165) is 12.1 Å². The molecule has 0 saturated carbocycles. The Morgan fingerprint density at radius 1 is 1.07 bits per heavy atom. The first-order chi connectivity index (χ1) is 6.77. The van der Waals surface area contributed by atoms with Crippen LogP contribution in [0.2, 0.25) is 0 Å². The van der Waals surface area contributed by atoms with E-state index in [4.69, 9.17) is 0 Å². The molecule has 2 aromatic rings. The van der Waals surface area contributed by atoms with Crippen molar-refractivity contribution in [1.29, 1.82) is 0 Å². The predicted molar refractivity (Wildman–Crippen MR) is 48.4 cm³/mol. The van der Waals surface area contributed by atoms with Gasteiger partial charge < -0.3 is 0 Å². The van der Waals surface area contributed by atoms with Crippen LogP contribution in [0.1, 0.15) is 0 Å². The zero-order valence-corrected chi connectivity index (χ0v) is 7.17. The second kappa shape index (κ2) is 3.54. The second-order valence-electron chi connectivity index (χ2n) is 2.77. The van der Waals surface area contributed by atoms with Gasteiger partial charge in [-0.05, 0) is 24.3 Å². The maximum Gasteiger partial charge on any atom is 0.159 e. The van der Waals surface area contributed by atoms with Crippen LogP contribution in [0.3, 0.4) is 0 Å². The molecule has 0 aliphatic carbocycles. The molecule has 14 heavy (non-hydrogen) atoms. The summed E-state index contributed by atoms with van der Waals surface area (Å²) in [6, 6.07) is 9.80. The largest absolute Gasteiger partial charge is 0.256 e. The highest BCUT2D eigenvalue weighted by Gasteiger charge is 2.04. The Kier molecular flexibility index (Phi) is 2.23. The van der Waals surface area contributed by atoms with Gasteiger partial charge in [0.1, 0.15) is 0 Å². The minimum atomic E-state index is -0.864. The lowest BCUT2D eigenvalue weighted by Crippen LogP contribution is -1.86. The molecular formula is C11H6F2N. The van der Waals surface area contributed by atoms with Crippen molar-refractivity contribution in [2.75, 3.05) is 0 Å². The van der Waals surface area contributed by atoms with E-state index >= 15 is 0 Å². The number of halogens is 2. The molecule has 0 unspecified atom stereocenters. The molecule has 0 N–H and O–H groups in total. The molecule has 0 bridgehead atoms. The van der Waals surface area contributed by atoms with Crippen molar-refractivity contribution < 1.29 is 8.78 Å². The average Bonchev–Trinajstić information content (AvgIpc) is 2.23. The van der Waals surface area contributed by atoms with E-state index in [1.807, 2.05) is 0 Å². The maximum absolute atomic E-state index is 12.9. The van der Waals surface area contributed by atoms with Gasteiger partial charge in [-0.2, -0.15) is 0 Å². The fraction of sp³-hybridized carbons (Fsp3) is 0. The summed E-state index contributed by atoms with van der Waals surface area (Å²) in [4.78, 5) is 3.98. The molecule has 3 heteroatoms. The highest BCUT2D eigenvalue weighted by atomic mass is 19.2. The lowest BCUT2D eigenvalue weighted by atomic mass is 10.1. The highest BCUT2D eigenvalue weighted by Crippen LogP contribution is 2.18.